The van der Waals surface area contributed by atoms with Gasteiger partial charge in [-0.15, -0.1) is 0 Å². The minimum absolute atomic E-state index is 0.00357. The predicted octanol–water partition coefficient (Wildman–Crippen LogP) is 2.58. The Morgan fingerprint density at radius 2 is 2.19 bits per heavy atom. The number of likely N-dealkylation sites (tertiary alicyclic amines) is 1. The van der Waals surface area contributed by atoms with E-state index in [2.05, 4.69) is 11.8 Å². The van der Waals surface area contributed by atoms with Crippen LogP contribution < -0.4 is 9.47 Å². The number of hydrogen-bond donors (Lipinski definition) is 1. The van der Waals surface area contributed by atoms with Crippen molar-refractivity contribution in [2.24, 2.45) is 17.8 Å². The number of rotatable bonds is 5. The molecule has 1 aromatic carbocycles. The van der Waals surface area contributed by atoms with E-state index in [1.54, 1.807) is 6.07 Å². The van der Waals surface area contributed by atoms with Gasteiger partial charge in [-0.1, -0.05) is 13.0 Å². The Morgan fingerprint density at radius 3 is 2.91 bits per heavy atom. The monoisotopic (exact) mass is 443 g/mol. The van der Waals surface area contributed by atoms with Gasteiger partial charge in [0.2, 0.25) is 0 Å². The van der Waals surface area contributed by atoms with Crippen molar-refractivity contribution in [2.75, 3.05) is 19.8 Å². The number of ketones is 1. The SMILES string of the molecule is CC(CF)C(=O)Oc1ccc2c3c1O[C@H]1C(=O)CC[C@@]4(O)[C@@H](C2)N(CC2CC2C)CC[C@]314. The Labute approximate surface area is 187 Å². The van der Waals surface area contributed by atoms with E-state index in [0.29, 0.717) is 30.9 Å². The number of benzene rings is 1. The molecule has 5 aliphatic rings. The first-order chi connectivity index (χ1) is 15.3. The molecule has 0 amide bonds. The summed E-state index contributed by atoms with van der Waals surface area (Å²) in [5.41, 5.74) is 0.0239. The minimum atomic E-state index is -1.06. The fraction of sp³-hybridized carbons (Fsp3) is 0.680. The molecule has 2 heterocycles. The number of Topliss-reactive ketones (excluding diaryl/α,β-unsaturated/α-hetero) is 1. The number of halogens is 1. The van der Waals surface area contributed by atoms with Gasteiger partial charge in [0.25, 0.3) is 0 Å². The summed E-state index contributed by atoms with van der Waals surface area (Å²) in [5, 5.41) is 12.3. The smallest absolute Gasteiger partial charge is 0.316 e. The van der Waals surface area contributed by atoms with Gasteiger partial charge in [-0.3, -0.25) is 18.9 Å². The number of alkyl halides is 1. The summed E-state index contributed by atoms with van der Waals surface area (Å²) >= 11 is 0. The lowest BCUT2D eigenvalue weighted by atomic mass is 9.49. The highest BCUT2D eigenvalue weighted by molar-refractivity contribution is 5.90. The first kappa shape index (κ1) is 20.6. The summed E-state index contributed by atoms with van der Waals surface area (Å²) in [7, 11) is 0. The van der Waals surface area contributed by atoms with E-state index in [4.69, 9.17) is 9.47 Å². The number of carbonyl (C=O) groups is 2. The molecule has 0 radical (unpaired) electrons. The zero-order chi connectivity index (χ0) is 22.4. The Balaban J connectivity index is 1.45. The highest BCUT2D eigenvalue weighted by Gasteiger charge is 2.73. The van der Waals surface area contributed by atoms with Crippen molar-refractivity contribution >= 4 is 11.8 Å². The van der Waals surface area contributed by atoms with E-state index in [0.717, 1.165) is 30.1 Å². The van der Waals surface area contributed by atoms with Crippen LogP contribution in [-0.2, 0) is 21.4 Å². The number of nitrogens with zero attached hydrogens (tertiary/aromatic N) is 1. The Kier molecular flexibility index (Phi) is 4.36. The lowest BCUT2D eigenvalue weighted by Crippen LogP contribution is -2.76. The second-order valence-electron chi connectivity index (χ2n) is 10.7. The Morgan fingerprint density at radius 1 is 1.41 bits per heavy atom. The number of hydrogen-bond acceptors (Lipinski definition) is 6. The van der Waals surface area contributed by atoms with E-state index in [1.807, 2.05) is 6.07 Å². The molecular formula is C25H30FNO5. The van der Waals surface area contributed by atoms with Crippen LogP contribution in [-0.4, -0.2) is 59.3 Å². The number of esters is 1. The van der Waals surface area contributed by atoms with Crippen molar-refractivity contribution in [3.05, 3.63) is 23.3 Å². The van der Waals surface area contributed by atoms with Gasteiger partial charge >= 0.3 is 5.97 Å². The van der Waals surface area contributed by atoms with Crippen LogP contribution in [0.5, 0.6) is 11.5 Å². The van der Waals surface area contributed by atoms with Crippen LogP contribution in [0, 0.1) is 17.8 Å². The summed E-state index contributed by atoms with van der Waals surface area (Å²) in [6.07, 6.45) is 2.50. The molecule has 2 saturated carbocycles. The molecule has 0 aromatic heterocycles. The molecule has 6 nitrogen and oxygen atoms in total. The third kappa shape index (κ3) is 2.52. The zero-order valence-corrected chi connectivity index (χ0v) is 18.6. The maximum Gasteiger partial charge on any atom is 0.316 e. The molecule has 3 fully saturated rings. The topological polar surface area (TPSA) is 76.1 Å². The summed E-state index contributed by atoms with van der Waals surface area (Å²) in [5.74, 6) is 0.492. The Bertz CT molecular complexity index is 1010. The van der Waals surface area contributed by atoms with Gasteiger partial charge in [0.1, 0.15) is 6.67 Å². The van der Waals surface area contributed by atoms with E-state index >= 15 is 0 Å². The first-order valence-corrected chi connectivity index (χ1v) is 11.9. The second kappa shape index (κ2) is 6.76. The van der Waals surface area contributed by atoms with Gasteiger partial charge in [0.15, 0.2) is 23.4 Å². The van der Waals surface area contributed by atoms with Crippen molar-refractivity contribution in [3.8, 4) is 11.5 Å². The lowest BCUT2D eigenvalue weighted by Gasteiger charge is -2.62. The second-order valence-corrected chi connectivity index (χ2v) is 10.7. The van der Waals surface area contributed by atoms with Crippen molar-refractivity contribution in [1.29, 1.82) is 0 Å². The molecule has 172 valence electrons. The average Bonchev–Trinajstić information content (AvgIpc) is 3.33. The summed E-state index contributed by atoms with van der Waals surface area (Å²) in [4.78, 5) is 27.8. The summed E-state index contributed by atoms with van der Waals surface area (Å²) in [6, 6.07) is 3.58. The molecule has 32 heavy (non-hydrogen) atoms. The molecule has 1 N–H and O–H groups in total. The number of aliphatic hydroxyl groups is 1. The fourth-order valence-corrected chi connectivity index (χ4v) is 6.93. The van der Waals surface area contributed by atoms with E-state index < -0.39 is 35.7 Å². The van der Waals surface area contributed by atoms with Crippen LogP contribution >= 0.6 is 0 Å². The minimum Gasteiger partial charge on any atom is -0.477 e. The maximum absolute atomic E-state index is 13.1. The number of carbonyl (C=O) groups excluding carboxylic acids is 2. The number of piperidine rings is 1. The van der Waals surface area contributed by atoms with Crippen molar-refractivity contribution < 1.29 is 28.6 Å². The molecule has 1 saturated heterocycles. The van der Waals surface area contributed by atoms with E-state index in [9.17, 15) is 19.1 Å². The van der Waals surface area contributed by atoms with Gasteiger partial charge in [-0.05, 0) is 62.6 Å². The van der Waals surface area contributed by atoms with Crippen LogP contribution in [0.4, 0.5) is 4.39 Å². The number of ether oxygens (including phenoxy) is 2. The molecule has 2 aliphatic heterocycles. The molecular weight excluding hydrogens is 413 g/mol. The highest BCUT2D eigenvalue weighted by atomic mass is 19.1. The molecule has 7 heteroatoms. The lowest BCUT2D eigenvalue weighted by molar-refractivity contribution is -0.189. The standard InChI is InChI=1S/C25H30FNO5/c1-13-9-16(13)12-27-8-7-24-20-15-3-4-18(31-23(29)14(2)11-26)21(20)32-22(24)17(28)5-6-25(24,30)19(27)10-15/h3-4,13-14,16,19,22,30H,5-12H2,1-2H3/t13?,14?,16?,19-,22+,24+,25-/m1/s1. The van der Waals surface area contributed by atoms with Gasteiger partial charge in [-0.2, -0.15) is 0 Å². The summed E-state index contributed by atoms with van der Waals surface area (Å²) in [6.45, 7) is 4.75. The molecule has 1 spiro atoms. The molecule has 3 unspecified atom stereocenters. The van der Waals surface area contributed by atoms with E-state index in [1.165, 1.54) is 13.3 Å². The maximum atomic E-state index is 13.1. The van der Waals surface area contributed by atoms with Crippen molar-refractivity contribution in [2.45, 2.75) is 69.1 Å². The highest BCUT2D eigenvalue weighted by Crippen LogP contribution is 2.65. The largest absolute Gasteiger partial charge is 0.477 e. The molecule has 3 aliphatic carbocycles. The molecule has 6 rings (SSSR count). The summed E-state index contributed by atoms with van der Waals surface area (Å²) < 4.78 is 24.8. The van der Waals surface area contributed by atoms with Gasteiger partial charge < -0.3 is 14.6 Å². The third-order valence-corrected chi connectivity index (χ3v) is 8.94. The van der Waals surface area contributed by atoms with Crippen LogP contribution in [0.3, 0.4) is 0 Å². The van der Waals surface area contributed by atoms with Crippen LogP contribution in [0.25, 0.3) is 0 Å². The molecule has 7 atom stereocenters. The van der Waals surface area contributed by atoms with Crippen LogP contribution in [0.2, 0.25) is 0 Å². The fourth-order valence-electron chi connectivity index (χ4n) is 6.93. The molecule has 2 bridgehead atoms. The molecule has 1 aromatic rings. The van der Waals surface area contributed by atoms with E-state index in [-0.39, 0.29) is 24.0 Å². The van der Waals surface area contributed by atoms with Crippen LogP contribution in [0.15, 0.2) is 12.1 Å². The van der Waals surface area contributed by atoms with Gasteiger partial charge in [-0.25, -0.2) is 0 Å². The van der Waals surface area contributed by atoms with Crippen molar-refractivity contribution in [3.63, 3.8) is 0 Å². The normalized spacial score (nSPS) is 39.8. The third-order valence-electron chi connectivity index (χ3n) is 8.94. The zero-order valence-electron chi connectivity index (χ0n) is 18.6. The van der Waals surface area contributed by atoms with Gasteiger partial charge in [0, 0.05) is 24.6 Å². The average molecular weight is 444 g/mol. The Hall–Kier alpha value is -1.99. The predicted molar refractivity (Wildman–Crippen MR) is 113 cm³/mol. The quantitative estimate of drug-likeness (QED) is 0.557. The first-order valence-electron chi connectivity index (χ1n) is 11.9. The van der Waals surface area contributed by atoms with Gasteiger partial charge in [0.05, 0.1) is 16.9 Å². The van der Waals surface area contributed by atoms with Crippen molar-refractivity contribution in [1.82, 2.24) is 4.90 Å². The van der Waals surface area contributed by atoms with Crippen LogP contribution in [0.1, 0.15) is 50.7 Å².